The van der Waals surface area contributed by atoms with Crippen LogP contribution in [0.1, 0.15) is 22.9 Å². The first-order chi connectivity index (χ1) is 14.7. The zero-order valence-corrected chi connectivity index (χ0v) is 17.5. The molecule has 0 radical (unpaired) electrons. The molecule has 0 aliphatic carbocycles. The molecule has 0 amide bonds. The van der Waals surface area contributed by atoms with Crippen molar-refractivity contribution < 1.29 is 9.84 Å². The molecule has 0 fully saturated rings. The average Bonchev–Trinajstić information content (AvgIpc) is 3.19. The zero-order chi connectivity index (χ0) is 20.5. The van der Waals surface area contributed by atoms with E-state index in [0.717, 1.165) is 33.4 Å². The lowest BCUT2D eigenvalue weighted by Crippen LogP contribution is -2.15. The molecule has 0 saturated heterocycles. The third-order valence-electron chi connectivity index (χ3n) is 4.99. The Balaban J connectivity index is 1.50. The number of para-hydroxylation sites is 1. The van der Waals surface area contributed by atoms with Gasteiger partial charge in [0.2, 0.25) is 0 Å². The molecule has 5 rings (SSSR count). The van der Waals surface area contributed by atoms with E-state index in [1.807, 2.05) is 60.0 Å². The minimum absolute atomic E-state index is 0.486. The van der Waals surface area contributed by atoms with Gasteiger partial charge >= 0.3 is 0 Å². The second-order valence-corrected chi connectivity index (χ2v) is 8.31. The summed E-state index contributed by atoms with van der Waals surface area (Å²) in [5.41, 5.74) is 3.57. The van der Waals surface area contributed by atoms with Crippen molar-refractivity contribution in [3.8, 4) is 11.5 Å². The summed E-state index contributed by atoms with van der Waals surface area (Å²) in [5, 5.41) is 14.0. The fourth-order valence-corrected chi connectivity index (χ4v) is 4.52. The minimum Gasteiger partial charge on any atom is -0.455 e. The molecule has 30 heavy (non-hydrogen) atoms. The fraction of sp³-hybridized carbons (Fsp3) is 0.130. The van der Waals surface area contributed by atoms with Crippen molar-refractivity contribution in [2.45, 2.75) is 19.1 Å². The van der Waals surface area contributed by atoms with Crippen LogP contribution in [0.5, 0.6) is 11.5 Å². The highest BCUT2D eigenvalue weighted by atomic mass is 35.5. The van der Waals surface area contributed by atoms with Gasteiger partial charge in [-0.15, -0.1) is 11.3 Å². The third-order valence-corrected chi connectivity index (χ3v) is 6.11. The van der Waals surface area contributed by atoms with Crippen LogP contribution in [0.25, 0.3) is 0 Å². The number of aliphatic hydroxyl groups is 1. The second-order valence-electron chi connectivity index (χ2n) is 7.04. The Bertz CT molecular complexity index is 1180. The number of anilines is 2. The van der Waals surface area contributed by atoms with Crippen molar-refractivity contribution in [1.29, 1.82) is 0 Å². The van der Waals surface area contributed by atoms with Gasteiger partial charge in [-0.1, -0.05) is 29.8 Å². The molecule has 150 valence electrons. The maximum Gasteiger partial charge on any atom is 0.190 e. The smallest absolute Gasteiger partial charge is 0.190 e. The quantitative estimate of drug-likeness (QED) is 0.431. The van der Waals surface area contributed by atoms with Crippen LogP contribution < -0.4 is 9.64 Å². The Hall–Kier alpha value is -2.93. The highest BCUT2D eigenvalue weighted by molar-refractivity contribution is 7.13. The van der Waals surface area contributed by atoms with Gasteiger partial charge in [0, 0.05) is 34.8 Å². The molecular weight excluding hydrogens is 418 g/mol. The number of hydrogen-bond donors (Lipinski definition) is 1. The lowest BCUT2D eigenvalue weighted by Gasteiger charge is -2.21. The van der Waals surface area contributed by atoms with Gasteiger partial charge in [-0.05, 0) is 42.0 Å². The van der Waals surface area contributed by atoms with E-state index in [4.69, 9.17) is 21.3 Å². The SMILES string of the molecule is OC(Cc1ccncc1)c1csc(N2Cc3ccccc3Oc3ccc(Cl)cc32)n1. The molecule has 3 heterocycles. The first-order valence-electron chi connectivity index (χ1n) is 9.52. The number of benzene rings is 2. The van der Waals surface area contributed by atoms with Crippen molar-refractivity contribution in [1.82, 2.24) is 9.97 Å². The predicted octanol–water partition coefficient (Wildman–Crippen LogP) is 5.91. The van der Waals surface area contributed by atoms with Crippen LogP contribution in [0.4, 0.5) is 10.8 Å². The number of aliphatic hydroxyl groups excluding tert-OH is 1. The number of hydrogen-bond acceptors (Lipinski definition) is 6. The summed E-state index contributed by atoms with van der Waals surface area (Å²) in [5.74, 6) is 1.54. The summed E-state index contributed by atoms with van der Waals surface area (Å²) < 4.78 is 6.16. The fourth-order valence-electron chi connectivity index (χ4n) is 3.47. The molecular formula is C23H18ClN3O2S. The number of nitrogens with zero attached hydrogens (tertiary/aromatic N) is 3. The Morgan fingerprint density at radius 3 is 2.80 bits per heavy atom. The largest absolute Gasteiger partial charge is 0.455 e. The lowest BCUT2D eigenvalue weighted by atomic mass is 10.1. The molecule has 1 aliphatic rings. The molecule has 1 aliphatic heterocycles. The number of fused-ring (bicyclic) bond motifs is 2. The molecule has 0 spiro atoms. The average molecular weight is 436 g/mol. The minimum atomic E-state index is -0.688. The normalized spacial score (nSPS) is 13.7. The number of aromatic nitrogens is 2. The second kappa shape index (κ2) is 8.07. The Kier molecular flexibility index (Phi) is 5.12. The van der Waals surface area contributed by atoms with Crippen LogP contribution in [0.3, 0.4) is 0 Å². The van der Waals surface area contributed by atoms with Crippen molar-refractivity contribution in [2.24, 2.45) is 0 Å². The van der Waals surface area contributed by atoms with Crippen molar-refractivity contribution >= 4 is 33.8 Å². The van der Waals surface area contributed by atoms with Gasteiger partial charge in [0.05, 0.1) is 17.9 Å². The number of ether oxygens (including phenoxy) is 1. The molecule has 1 N–H and O–H groups in total. The summed E-state index contributed by atoms with van der Waals surface area (Å²) in [6, 6.07) is 17.3. The standard InChI is InChI=1S/C23H18ClN3O2S/c24-17-5-6-22-19(12-17)27(13-16-3-1-2-4-21(16)29-22)23-26-18(14-30-23)20(28)11-15-7-9-25-10-8-15/h1-10,12,14,20,28H,11,13H2. The molecule has 2 aromatic carbocycles. The van der Waals surface area contributed by atoms with Gasteiger partial charge in [0.25, 0.3) is 0 Å². The van der Waals surface area contributed by atoms with E-state index in [1.165, 1.54) is 11.3 Å². The number of pyridine rings is 1. The van der Waals surface area contributed by atoms with E-state index < -0.39 is 6.10 Å². The molecule has 1 unspecified atom stereocenters. The molecule has 5 nitrogen and oxygen atoms in total. The van der Waals surface area contributed by atoms with Crippen molar-refractivity contribution in [3.05, 3.63) is 94.2 Å². The summed E-state index contributed by atoms with van der Waals surface area (Å²) in [6.07, 6.45) is 3.25. The van der Waals surface area contributed by atoms with Crippen LogP contribution in [-0.4, -0.2) is 15.1 Å². The topological polar surface area (TPSA) is 58.5 Å². The van der Waals surface area contributed by atoms with Crippen molar-refractivity contribution in [2.75, 3.05) is 4.90 Å². The van der Waals surface area contributed by atoms with E-state index in [0.29, 0.717) is 23.7 Å². The van der Waals surface area contributed by atoms with Gasteiger partial charge < -0.3 is 14.7 Å². The summed E-state index contributed by atoms with van der Waals surface area (Å²) in [7, 11) is 0. The molecule has 4 aromatic rings. The van der Waals surface area contributed by atoms with E-state index in [9.17, 15) is 5.11 Å². The monoisotopic (exact) mass is 435 g/mol. The van der Waals surface area contributed by atoms with E-state index in [2.05, 4.69) is 9.88 Å². The summed E-state index contributed by atoms with van der Waals surface area (Å²) >= 11 is 7.79. The summed E-state index contributed by atoms with van der Waals surface area (Å²) in [4.78, 5) is 10.9. The van der Waals surface area contributed by atoms with E-state index in [-0.39, 0.29) is 0 Å². The van der Waals surface area contributed by atoms with Crippen molar-refractivity contribution in [3.63, 3.8) is 0 Å². The number of thiazole rings is 1. The molecule has 0 bridgehead atoms. The third kappa shape index (κ3) is 3.77. The zero-order valence-electron chi connectivity index (χ0n) is 15.9. The molecule has 2 aromatic heterocycles. The Labute approximate surface area is 183 Å². The Morgan fingerprint density at radius 1 is 1.10 bits per heavy atom. The van der Waals surface area contributed by atoms with Gasteiger partial charge in [-0.3, -0.25) is 4.98 Å². The molecule has 7 heteroatoms. The lowest BCUT2D eigenvalue weighted by molar-refractivity contribution is 0.174. The van der Waals surface area contributed by atoms with E-state index >= 15 is 0 Å². The van der Waals surface area contributed by atoms with Gasteiger partial charge in [-0.25, -0.2) is 4.98 Å². The van der Waals surface area contributed by atoms with Gasteiger partial charge in [0.1, 0.15) is 11.9 Å². The number of rotatable bonds is 4. The molecule has 1 atom stereocenters. The number of halogens is 1. The van der Waals surface area contributed by atoms with Gasteiger partial charge in [-0.2, -0.15) is 0 Å². The predicted molar refractivity (Wildman–Crippen MR) is 119 cm³/mol. The first kappa shape index (κ1) is 19.1. The highest BCUT2D eigenvalue weighted by Crippen LogP contribution is 2.44. The first-order valence-corrected chi connectivity index (χ1v) is 10.8. The van der Waals surface area contributed by atoms with Crippen LogP contribution in [0.2, 0.25) is 5.02 Å². The molecule has 0 saturated carbocycles. The highest BCUT2D eigenvalue weighted by Gasteiger charge is 2.25. The van der Waals surface area contributed by atoms with Crippen LogP contribution >= 0.6 is 22.9 Å². The van der Waals surface area contributed by atoms with Crippen LogP contribution in [0, 0.1) is 0 Å². The van der Waals surface area contributed by atoms with E-state index in [1.54, 1.807) is 12.4 Å². The summed E-state index contributed by atoms with van der Waals surface area (Å²) in [6.45, 7) is 0.594. The van der Waals surface area contributed by atoms with Crippen LogP contribution in [-0.2, 0) is 13.0 Å². The maximum atomic E-state index is 10.7. The van der Waals surface area contributed by atoms with Crippen LogP contribution in [0.15, 0.2) is 72.4 Å². The maximum absolute atomic E-state index is 10.7. The van der Waals surface area contributed by atoms with Gasteiger partial charge in [0.15, 0.2) is 10.9 Å². The Morgan fingerprint density at radius 2 is 1.93 bits per heavy atom.